The third kappa shape index (κ3) is 4.88. The molecule has 10 heteroatoms. The number of sulfonamides is 1. The van der Waals surface area contributed by atoms with Crippen LogP contribution >= 0.6 is 24.0 Å². The first-order valence-corrected chi connectivity index (χ1v) is 11.4. The summed E-state index contributed by atoms with van der Waals surface area (Å²) in [6.45, 7) is 3.25. The number of hydrogen-bond acceptors (Lipinski definition) is 5. The van der Waals surface area contributed by atoms with Crippen LogP contribution in [0.2, 0.25) is 5.02 Å². The highest BCUT2D eigenvalue weighted by atomic mass is 35.5. The molecule has 0 aliphatic carbocycles. The van der Waals surface area contributed by atoms with Gasteiger partial charge >= 0.3 is 0 Å². The minimum Gasteiger partial charge on any atom is -0.487 e. The zero-order valence-electron chi connectivity index (χ0n) is 16.0. The zero-order valence-corrected chi connectivity index (χ0v) is 18.4. The number of carbonyl (C=O) groups excluding carboxylic acids is 1. The van der Waals surface area contributed by atoms with E-state index in [0.717, 1.165) is 25.9 Å². The number of fused-ring (bicyclic) bond motifs is 1. The zero-order chi connectivity index (χ0) is 19.7. The molecule has 1 aromatic rings. The maximum absolute atomic E-state index is 13.0. The second kappa shape index (κ2) is 9.22. The van der Waals surface area contributed by atoms with E-state index in [2.05, 4.69) is 5.32 Å². The molecule has 3 aliphatic heterocycles. The summed E-state index contributed by atoms with van der Waals surface area (Å²) in [5, 5.41) is 3.86. The number of ether oxygens (including phenoxy) is 1. The molecule has 0 aromatic heterocycles. The molecule has 0 bridgehead atoms. The van der Waals surface area contributed by atoms with Crippen molar-refractivity contribution in [2.75, 3.05) is 45.9 Å². The molecule has 4 rings (SSSR count). The Morgan fingerprint density at radius 1 is 1.21 bits per heavy atom. The molecule has 0 saturated carbocycles. The Labute approximate surface area is 182 Å². The third-order valence-corrected chi connectivity index (χ3v) is 7.68. The normalized spacial score (nSPS) is 21.1. The van der Waals surface area contributed by atoms with Gasteiger partial charge in [0, 0.05) is 30.2 Å². The van der Waals surface area contributed by atoms with Gasteiger partial charge in [-0.1, -0.05) is 11.6 Å². The van der Waals surface area contributed by atoms with Crippen molar-refractivity contribution in [2.45, 2.75) is 12.8 Å². The van der Waals surface area contributed by atoms with Gasteiger partial charge < -0.3 is 15.0 Å². The van der Waals surface area contributed by atoms with Crippen LogP contribution in [0.3, 0.4) is 0 Å². The molecular formula is C19H25Cl2N3O4S. The largest absolute Gasteiger partial charge is 0.487 e. The highest BCUT2D eigenvalue weighted by Crippen LogP contribution is 2.32. The number of hydrogen-bond donors (Lipinski definition) is 1. The van der Waals surface area contributed by atoms with Crippen LogP contribution in [0.25, 0.3) is 6.08 Å². The molecule has 0 unspecified atom stereocenters. The van der Waals surface area contributed by atoms with Gasteiger partial charge in [0.15, 0.2) is 0 Å². The average molecular weight is 462 g/mol. The van der Waals surface area contributed by atoms with E-state index in [1.807, 2.05) is 4.90 Å². The van der Waals surface area contributed by atoms with Gasteiger partial charge in [-0.3, -0.25) is 4.79 Å². The standard InChI is InChI=1S/C19H24ClN3O4S.ClH/c20-16-2-1-15-9-17(13-27-18(15)10-16)28(25,26)23-8-7-22(19(24)12-23)11-14-3-5-21-6-4-14;/h1-2,9-10,14,21H,3-8,11-13H2;1H. The molecule has 0 spiro atoms. The van der Waals surface area contributed by atoms with Gasteiger partial charge in [0.25, 0.3) is 0 Å². The Kier molecular flexibility index (Phi) is 7.11. The fraction of sp³-hybridized carbons (Fsp3) is 0.526. The minimum absolute atomic E-state index is 0. The number of nitrogens with one attached hydrogen (secondary N) is 1. The molecule has 3 aliphatic rings. The number of benzene rings is 1. The van der Waals surface area contributed by atoms with Crippen LogP contribution in [-0.4, -0.2) is 69.4 Å². The molecule has 1 amide bonds. The van der Waals surface area contributed by atoms with Gasteiger partial charge in [-0.05, 0) is 56.1 Å². The lowest BCUT2D eigenvalue weighted by atomic mass is 9.97. The van der Waals surface area contributed by atoms with Crippen molar-refractivity contribution in [1.82, 2.24) is 14.5 Å². The SMILES string of the molecule is Cl.O=C1CN(S(=O)(=O)C2=Cc3ccc(Cl)cc3OC2)CCN1CC1CCNCC1. The summed E-state index contributed by atoms with van der Waals surface area (Å²) in [5.74, 6) is 0.929. The summed E-state index contributed by atoms with van der Waals surface area (Å²) in [5.41, 5.74) is 0.671. The van der Waals surface area contributed by atoms with Crippen molar-refractivity contribution in [2.24, 2.45) is 5.92 Å². The average Bonchev–Trinajstić information content (AvgIpc) is 2.69. The summed E-state index contributed by atoms with van der Waals surface area (Å²) in [4.78, 5) is 14.6. The third-order valence-electron chi connectivity index (χ3n) is 5.55. The van der Waals surface area contributed by atoms with Crippen LogP contribution in [0.5, 0.6) is 5.75 Å². The number of rotatable bonds is 4. The highest BCUT2D eigenvalue weighted by Gasteiger charge is 2.36. The summed E-state index contributed by atoms with van der Waals surface area (Å²) in [7, 11) is -3.75. The van der Waals surface area contributed by atoms with Crippen molar-refractivity contribution in [3.05, 3.63) is 33.7 Å². The highest BCUT2D eigenvalue weighted by molar-refractivity contribution is 7.93. The maximum Gasteiger partial charge on any atom is 0.243 e. The van der Waals surface area contributed by atoms with Gasteiger partial charge in [0.2, 0.25) is 15.9 Å². The van der Waals surface area contributed by atoms with E-state index in [4.69, 9.17) is 16.3 Å². The number of piperidine rings is 1. The number of nitrogens with zero attached hydrogens (tertiary/aromatic N) is 2. The van der Waals surface area contributed by atoms with Gasteiger partial charge in [-0.2, -0.15) is 4.31 Å². The molecule has 7 nitrogen and oxygen atoms in total. The van der Waals surface area contributed by atoms with E-state index in [1.54, 1.807) is 24.3 Å². The molecule has 160 valence electrons. The van der Waals surface area contributed by atoms with Crippen LogP contribution in [0.15, 0.2) is 23.1 Å². The van der Waals surface area contributed by atoms with Gasteiger partial charge in [-0.25, -0.2) is 8.42 Å². The quantitative estimate of drug-likeness (QED) is 0.741. The Morgan fingerprint density at radius 3 is 2.69 bits per heavy atom. The predicted octanol–water partition coefficient (Wildman–Crippen LogP) is 1.97. The van der Waals surface area contributed by atoms with Gasteiger partial charge in [0.05, 0.1) is 11.4 Å². The molecular weight excluding hydrogens is 437 g/mol. The van der Waals surface area contributed by atoms with Crippen molar-refractivity contribution >= 4 is 46.0 Å². The molecule has 3 heterocycles. The van der Waals surface area contributed by atoms with Gasteiger partial charge in [0.1, 0.15) is 12.4 Å². The van der Waals surface area contributed by atoms with E-state index in [-0.39, 0.29) is 36.4 Å². The lowest BCUT2D eigenvalue weighted by Crippen LogP contribution is -2.54. The first kappa shape index (κ1) is 22.4. The Balaban J connectivity index is 0.00000240. The van der Waals surface area contributed by atoms with Crippen molar-refractivity contribution in [3.8, 4) is 5.75 Å². The Hall–Kier alpha value is -1.32. The van der Waals surface area contributed by atoms with Crippen LogP contribution in [0.1, 0.15) is 18.4 Å². The summed E-state index contributed by atoms with van der Waals surface area (Å²) >= 11 is 5.95. The molecule has 1 aromatic carbocycles. The summed E-state index contributed by atoms with van der Waals surface area (Å²) in [6.07, 6.45) is 3.72. The first-order valence-electron chi connectivity index (χ1n) is 9.55. The topological polar surface area (TPSA) is 79.0 Å². The minimum atomic E-state index is -3.75. The van der Waals surface area contributed by atoms with E-state index in [9.17, 15) is 13.2 Å². The van der Waals surface area contributed by atoms with Crippen molar-refractivity contribution in [1.29, 1.82) is 0 Å². The molecule has 0 atom stereocenters. The van der Waals surface area contributed by atoms with E-state index < -0.39 is 10.0 Å². The van der Waals surface area contributed by atoms with Crippen LogP contribution in [0, 0.1) is 5.92 Å². The molecule has 2 fully saturated rings. The van der Waals surface area contributed by atoms with Crippen molar-refractivity contribution in [3.63, 3.8) is 0 Å². The number of carbonyl (C=O) groups is 1. The first-order chi connectivity index (χ1) is 13.4. The summed E-state index contributed by atoms with van der Waals surface area (Å²) < 4.78 is 32.9. The van der Waals surface area contributed by atoms with E-state index >= 15 is 0 Å². The lowest BCUT2D eigenvalue weighted by molar-refractivity contribution is -0.134. The number of amides is 1. The van der Waals surface area contributed by atoms with Crippen LogP contribution in [0.4, 0.5) is 0 Å². The second-order valence-electron chi connectivity index (χ2n) is 7.45. The Morgan fingerprint density at radius 2 is 1.97 bits per heavy atom. The fourth-order valence-corrected chi connectivity index (χ4v) is 5.47. The maximum atomic E-state index is 13.0. The van der Waals surface area contributed by atoms with Crippen molar-refractivity contribution < 1.29 is 17.9 Å². The Bertz CT molecular complexity index is 901. The second-order valence-corrected chi connectivity index (χ2v) is 9.88. The smallest absolute Gasteiger partial charge is 0.243 e. The lowest BCUT2D eigenvalue weighted by Gasteiger charge is -2.37. The fourth-order valence-electron chi connectivity index (χ4n) is 3.89. The van der Waals surface area contributed by atoms with Crippen LogP contribution in [-0.2, 0) is 14.8 Å². The monoisotopic (exact) mass is 461 g/mol. The molecule has 29 heavy (non-hydrogen) atoms. The molecule has 2 saturated heterocycles. The van der Waals surface area contributed by atoms with E-state index in [0.29, 0.717) is 41.9 Å². The van der Waals surface area contributed by atoms with Gasteiger partial charge in [-0.15, -0.1) is 12.4 Å². The van der Waals surface area contributed by atoms with E-state index in [1.165, 1.54) is 4.31 Å². The number of halogens is 2. The van der Waals surface area contributed by atoms with Crippen LogP contribution < -0.4 is 10.1 Å². The molecule has 1 N–H and O–H groups in total. The predicted molar refractivity (Wildman–Crippen MR) is 115 cm³/mol. The number of piperazine rings is 1. The molecule has 0 radical (unpaired) electrons. The summed E-state index contributed by atoms with van der Waals surface area (Å²) in [6, 6.07) is 5.09.